The molecule has 0 aliphatic rings. The Kier molecular flexibility index (Phi) is 4.66. The summed E-state index contributed by atoms with van der Waals surface area (Å²) in [7, 11) is 0. The van der Waals surface area contributed by atoms with E-state index in [0.29, 0.717) is 0 Å². The lowest BCUT2D eigenvalue weighted by atomic mass is 10.0. The van der Waals surface area contributed by atoms with Gasteiger partial charge in [-0.3, -0.25) is 14.5 Å². The second kappa shape index (κ2) is 8.33. The van der Waals surface area contributed by atoms with Gasteiger partial charge in [-0.1, -0.05) is 60.7 Å². The summed E-state index contributed by atoms with van der Waals surface area (Å²) in [6, 6.07) is 35.9. The summed E-state index contributed by atoms with van der Waals surface area (Å²) < 4.78 is 4.67. The van der Waals surface area contributed by atoms with Gasteiger partial charge in [0.1, 0.15) is 11.5 Å². The van der Waals surface area contributed by atoms with Crippen molar-refractivity contribution >= 4 is 53.3 Å². The number of fused-ring (bicyclic) bond motifs is 6. The van der Waals surface area contributed by atoms with Crippen molar-refractivity contribution in [1.82, 2.24) is 19.5 Å². The molecule has 38 heavy (non-hydrogen) atoms. The fourth-order valence-corrected chi connectivity index (χ4v) is 6.76. The van der Waals surface area contributed by atoms with Crippen molar-refractivity contribution in [1.29, 1.82) is 0 Å². The van der Waals surface area contributed by atoms with E-state index in [4.69, 9.17) is 15.0 Å². The lowest BCUT2D eigenvalue weighted by molar-refractivity contribution is 1.08. The molecule has 5 heteroatoms. The first-order valence-corrected chi connectivity index (χ1v) is 13.4. The number of aromatic nitrogens is 4. The Hall–Kier alpha value is -4.87. The third-order valence-corrected chi connectivity index (χ3v) is 8.39. The molecule has 0 saturated carbocycles. The van der Waals surface area contributed by atoms with E-state index in [-0.39, 0.29) is 0 Å². The zero-order valence-corrected chi connectivity index (χ0v) is 21.1. The molecule has 0 aliphatic carbocycles. The van der Waals surface area contributed by atoms with Crippen molar-refractivity contribution in [3.63, 3.8) is 0 Å². The van der Waals surface area contributed by atoms with E-state index >= 15 is 0 Å². The van der Waals surface area contributed by atoms with Crippen LogP contribution in [0.2, 0.25) is 0 Å². The van der Waals surface area contributed by atoms with Crippen molar-refractivity contribution in [2.75, 3.05) is 0 Å². The molecular formula is C33H20N4S. The number of rotatable bonds is 3. The Labute approximate surface area is 222 Å². The van der Waals surface area contributed by atoms with Crippen molar-refractivity contribution in [3.8, 4) is 28.3 Å². The van der Waals surface area contributed by atoms with Crippen LogP contribution in [0.5, 0.6) is 0 Å². The number of benzene rings is 3. The maximum Gasteiger partial charge on any atom is 0.145 e. The molecule has 0 unspecified atom stereocenters. The normalized spacial score (nSPS) is 11.7. The van der Waals surface area contributed by atoms with E-state index < -0.39 is 0 Å². The molecule has 8 aromatic rings. The largest absolute Gasteiger partial charge is 0.293 e. The van der Waals surface area contributed by atoms with Gasteiger partial charge < -0.3 is 0 Å². The molecule has 0 atom stereocenters. The molecule has 0 fully saturated rings. The average Bonchev–Trinajstić information content (AvgIpc) is 3.53. The second-order valence-corrected chi connectivity index (χ2v) is 10.3. The zero-order chi connectivity index (χ0) is 25.1. The summed E-state index contributed by atoms with van der Waals surface area (Å²) in [5.74, 6) is 0.877. The molecule has 0 aliphatic heterocycles. The Balaban J connectivity index is 1.43. The van der Waals surface area contributed by atoms with E-state index in [1.165, 1.54) is 26.2 Å². The van der Waals surface area contributed by atoms with Gasteiger partial charge in [-0.05, 0) is 42.5 Å². The zero-order valence-electron chi connectivity index (χ0n) is 20.2. The molecule has 5 aromatic heterocycles. The summed E-state index contributed by atoms with van der Waals surface area (Å²) >= 11 is 1.77. The van der Waals surface area contributed by atoms with Gasteiger partial charge in [0, 0.05) is 56.0 Å². The lowest BCUT2D eigenvalue weighted by Crippen LogP contribution is -2.01. The summed E-state index contributed by atoms with van der Waals surface area (Å²) in [5, 5.41) is 4.88. The van der Waals surface area contributed by atoms with Gasteiger partial charge in [0.15, 0.2) is 0 Å². The van der Waals surface area contributed by atoms with Gasteiger partial charge in [-0.25, -0.2) is 4.98 Å². The van der Waals surface area contributed by atoms with Crippen molar-refractivity contribution in [3.05, 3.63) is 122 Å². The Morgan fingerprint density at radius 2 is 1.11 bits per heavy atom. The van der Waals surface area contributed by atoms with Gasteiger partial charge >= 0.3 is 0 Å². The fraction of sp³-hybridized carbons (Fsp3) is 0. The van der Waals surface area contributed by atoms with Gasteiger partial charge in [-0.15, -0.1) is 11.3 Å². The van der Waals surface area contributed by atoms with Gasteiger partial charge in [0.2, 0.25) is 0 Å². The molecule has 5 heterocycles. The Bertz CT molecular complexity index is 2100. The molecule has 0 saturated heterocycles. The van der Waals surface area contributed by atoms with Crippen LogP contribution in [-0.4, -0.2) is 19.5 Å². The molecule has 3 aromatic carbocycles. The predicted octanol–water partition coefficient (Wildman–Crippen LogP) is 8.67. The van der Waals surface area contributed by atoms with E-state index in [9.17, 15) is 0 Å². The van der Waals surface area contributed by atoms with Gasteiger partial charge in [-0.2, -0.15) is 0 Å². The van der Waals surface area contributed by atoms with Crippen LogP contribution < -0.4 is 0 Å². The van der Waals surface area contributed by atoms with Crippen LogP contribution in [-0.2, 0) is 0 Å². The summed E-state index contributed by atoms with van der Waals surface area (Å²) in [5.41, 5.74) is 6.04. The first-order valence-electron chi connectivity index (χ1n) is 12.5. The number of hydrogen-bond donors (Lipinski definition) is 0. The first kappa shape index (κ1) is 21.2. The monoisotopic (exact) mass is 504 g/mol. The van der Waals surface area contributed by atoms with E-state index in [0.717, 1.165) is 44.1 Å². The average molecular weight is 505 g/mol. The lowest BCUT2D eigenvalue weighted by Gasteiger charge is -2.15. The standard InChI is InChI=1S/C33H20N4S/c1-4-14-27-21(9-1)22-10-2-5-15-28(22)37(27)33-26(13-8-19-36-33)24-12-7-18-34-30(24)31-32-25(17-20-35-31)23-11-3-6-16-29(23)38-32/h1-20H. The van der Waals surface area contributed by atoms with Crippen LogP contribution in [0, 0.1) is 0 Å². The maximum absolute atomic E-state index is 4.95. The molecule has 4 nitrogen and oxygen atoms in total. The molecule has 0 radical (unpaired) electrons. The van der Waals surface area contributed by atoms with E-state index in [1.54, 1.807) is 11.3 Å². The molecule has 178 valence electrons. The number of nitrogens with zero attached hydrogens (tertiary/aromatic N) is 4. The van der Waals surface area contributed by atoms with E-state index in [1.807, 2.05) is 30.7 Å². The van der Waals surface area contributed by atoms with Crippen LogP contribution in [0.15, 0.2) is 122 Å². The highest BCUT2D eigenvalue weighted by molar-refractivity contribution is 7.26. The van der Waals surface area contributed by atoms with Crippen LogP contribution >= 0.6 is 11.3 Å². The maximum atomic E-state index is 4.95. The highest BCUT2D eigenvalue weighted by atomic mass is 32.1. The molecular weight excluding hydrogens is 484 g/mol. The van der Waals surface area contributed by atoms with Crippen LogP contribution in [0.25, 0.3) is 70.3 Å². The second-order valence-electron chi connectivity index (χ2n) is 9.28. The van der Waals surface area contributed by atoms with E-state index in [2.05, 4.69) is 95.6 Å². The highest BCUT2D eigenvalue weighted by Gasteiger charge is 2.21. The number of para-hydroxylation sites is 2. The summed E-state index contributed by atoms with van der Waals surface area (Å²) in [6.07, 6.45) is 5.61. The minimum Gasteiger partial charge on any atom is -0.293 e. The van der Waals surface area contributed by atoms with Gasteiger partial charge in [0.25, 0.3) is 0 Å². The minimum absolute atomic E-state index is 0.861. The number of thiophene rings is 1. The van der Waals surface area contributed by atoms with Crippen molar-refractivity contribution in [2.24, 2.45) is 0 Å². The molecule has 8 rings (SSSR count). The molecule has 0 N–H and O–H groups in total. The summed E-state index contributed by atoms with van der Waals surface area (Å²) in [4.78, 5) is 14.7. The first-order chi connectivity index (χ1) is 18.9. The fourth-order valence-electron chi connectivity index (χ4n) is 5.57. The van der Waals surface area contributed by atoms with Crippen molar-refractivity contribution in [2.45, 2.75) is 0 Å². The third-order valence-electron chi connectivity index (χ3n) is 7.19. The highest BCUT2D eigenvalue weighted by Crippen LogP contribution is 2.42. The molecule has 0 amide bonds. The Morgan fingerprint density at radius 1 is 0.474 bits per heavy atom. The number of hydrogen-bond acceptors (Lipinski definition) is 4. The smallest absolute Gasteiger partial charge is 0.145 e. The SMILES string of the molecule is c1cnc(-c2nccc3c2sc2ccccc23)c(-c2cccnc2-n2c3ccccc3c3ccccc32)c1. The topological polar surface area (TPSA) is 43.6 Å². The molecule has 0 spiro atoms. The minimum atomic E-state index is 0.861. The van der Waals surface area contributed by atoms with Gasteiger partial charge in [0.05, 0.1) is 21.4 Å². The Morgan fingerprint density at radius 3 is 1.89 bits per heavy atom. The molecule has 0 bridgehead atoms. The van der Waals surface area contributed by atoms with Crippen LogP contribution in [0.4, 0.5) is 0 Å². The van der Waals surface area contributed by atoms with Crippen LogP contribution in [0.1, 0.15) is 0 Å². The predicted molar refractivity (Wildman–Crippen MR) is 158 cm³/mol. The summed E-state index contributed by atoms with van der Waals surface area (Å²) in [6.45, 7) is 0. The quantitative estimate of drug-likeness (QED) is 0.242. The van der Waals surface area contributed by atoms with Crippen molar-refractivity contribution < 1.29 is 0 Å². The third kappa shape index (κ3) is 3.06. The van der Waals surface area contributed by atoms with Crippen LogP contribution in [0.3, 0.4) is 0 Å². The number of pyridine rings is 3.